The van der Waals surface area contributed by atoms with E-state index < -0.39 is 0 Å². The van der Waals surface area contributed by atoms with Gasteiger partial charge in [-0.25, -0.2) is 4.79 Å². The van der Waals surface area contributed by atoms with E-state index >= 15 is 0 Å². The van der Waals surface area contributed by atoms with Crippen molar-refractivity contribution in [1.82, 2.24) is 4.98 Å². The molecule has 0 unspecified atom stereocenters. The Morgan fingerprint density at radius 3 is 2.89 bits per heavy atom. The molecule has 1 aromatic carbocycles. The van der Waals surface area contributed by atoms with Crippen molar-refractivity contribution in [3.8, 4) is 5.75 Å². The van der Waals surface area contributed by atoms with E-state index in [1.54, 1.807) is 25.1 Å². The maximum absolute atomic E-state index is 12.4. The van der Waals surface area contributed by atoms with Gasteiger partial charge in [-0.15, -0.1) is 0 Å². The zero-order valence-electron chi connectivity index (χ0n) is 16.0. The summed E-state index contributed by atoms with van der Waals surface area (Å²) >= 11 is 0. The molecule has 0 bridgehead atoms. The lowest BCUT2D eigenvalue weighted by atomic mass is 10.1. The summed E-state index contributed by atoms with van der Waals surface area (Å²) in [5.41, 5.74) is 1.94. The number of nitrogens with one attached hydrogen (secondary N) is 2. The molecule has 1 aliphatic heterocycles. The molecule has 1 fully saturated rings. The number of benzene rings is 1. The first-order chi connectivity index (χ1) is 13.2. The smallest absolute Gasteiger partial charge is 0.341 e. The fraction of sp³-hybridized carbons (Fsp3) is 0.500. The Morgan fingerprint density at radius 2 is 2.15 bits per heavy atom. The molecule has 0 saturated carbocycles. The van der Waals surface area contributed by atoms with Crippen molar-refractivity contribution < 1.29 is 23.9 Å². The van der Waals surface area contributed by atoms with Crippen LogP contribution in [0.2, 0.25) is 0 Å². The Labute approximate surface area is 159 Å². The summed E-state index contributed by atoms with van der Waals surface area (Å²) in [6.07, 6.45) is 2.57. The van der Waals surface area contributed by atoms with Gasteiger partial charge in [0.15, 0.2) is 0 Å². The van der Waals surface area contributed by atoms with Crippen molar-refractivity contribution in [2.75, 3.05) is 58.4 Å². The summed E-state index contributed by atoms with van der Waals surface area (Å²) in [6, 6.07) is 5.72. The molecular weight excluding hydrogens is 346 g/mol. The number of pyridine rings is 1. The Morgan fingerprint density at radius 1 is 1.33 bits per heavy atom. The molecule has 1 aliphatic rings. The van der Waals surface area contributed by atoms with E-state index in [0.717, 1.165) is 62.4 Å². The Kier molecular flexibility index (Phi) is 6.84. The second kappa shape index (κ2) is 9.53. The van der Waals surface area contributed by atoms with Crippen LogP contribution in [0.5, 0.6) is 5.75 Å². The zero-order valence-corrected chi connectivity index (χ0v) is 16.0. The molecule has 2 N–H and O–H groups in total. The van der Waals surface area contributed by atoms with Crippen LogP contribution in [0.1, 0.15) is 23.7 Å². The highest BCUT2D eigenvalue weighted by molar-refractivity contribution is 6.06. The number of nitrogens with zero attached hydrogens (tertiary/aromatic N) is 1. The minimum Gasteiger partial charge on any atom is -0.494 e. The first-order valence-corrected chi connectivity index (χ1v) is 9.52. The molecule has 1 saturated heterocycles. The predicted octanol–water partition coefficient (Wildman–Crippen LogP) is 1.14. The van der Waals surface area contributed by atoms with Crippen molar-refractivity contribution in [3.63, 3.8) is 0 Å². The number of carbonyl (C=O) groups excluding carboxylic acids is 1. The molecule has 146 valence electrons. The third-order valence-electron chi connectivity index (χ3n) is 4.78. The molecule has 0 atom stereocenters. The maximum Gasteiger partial charge on any atom is 0.341 e. The highest BCUT2D eigenvalue weighted by Gasteiger charge is 2.18. The summed E-state index contributed by atoms with van der Waals surface area (Å²) in [7, 11) is 1.62. The lowest BCUT2D eigenvalue weighted by molar-refractivity contribution is -0.908. The minimum absolute atomic E-state index is 0.328. The van der Waals surface area contributed by atoms with Gasteiger partial charge in [-0.05, 0) is 13.0 Å². The largest absolute Gasteiger partial charge is 0.494 e. The predicted molar refractivity (Wildman–Crippen MR) is 104 cm³/mol. The number of methoxy groups -OCH3 is 1. The van der Waals surface area contributed by atoms with Crippen LogP contribution in [-0.2, 0) is 9.47 Å². The van der Waals surface area contributed by atoms with E-state index in [4.69, 9.17) is 14.2 Å². The van der Waals surface area contributed by atoms with E-state index in [2.05, 4.69) is 10.3 Å². The van der Waals surface area contributed by atoms with Gasteiger partial charge in [0.25, 0.3) is 0 Å². The van der Waals surface area contributed by atoms with Gasteiger partial charge in [0.1, 0.15) is 29.9 Å². The summed E-state index contributed by atoms with van der Waals surface area (Å²) in [6.45, 7) is 7.77. The fourth-order valence-corrected chi connectivity index (χ4v) is 3.38. The molecule has 27 heavy (non-hydrogen) atoms. The normalized spacial score (nSPS) is 14.9. The summed E-state index contributed by atoms with van der Waals surface area (Å²) in [4.78, 5) is 18.4. The molecule has 0 amide bonds. The van der Waals surface area contributed by atoms with Gasteiger partial charge in [0.2, 0.25) is 0 Å². The van der Waals surface area contributed by atoms with Crippen molar-refractivity contribution in [2.24, 2.45) is 0 Å². The fourth-order valence-electron chi connectivity index (χ4n) is 3.38. The SMILES string of the molecule is CCOC(=O)c1cnc2c(OC)cccc2c1NCCC[NH+]1CCOCC1. The number of hydrogen-bond donors (Lipinski definition) is 2. The van der Waals surface area contributed by atoms with Gasteiger partial charge < -0.3 is 24.4 Å². The van der Waals surface area contributed by atoms with E-state index in [1.807, 2.05) is 18.2 Å². The average molecular weight is 374 g/mol. The molecule has 3 rings (SSSR count). The first-order valence-electron chi connectivity index (χ1n) is 9.52. The van der Waals surface area contributed by atoms with Crippen molar-refractivity contribution >= 4 is 22.6 Å². The lowest BCUT2D eigenvalue weighted by Crippen LogP contribution is -3.14. The number of quaternary nitrogens is 1. The molecule has 0 radical (unpaired) electrons. The molecule has 2 aromatic rings. The highest BCUT2D eigenvalue weighted by atomic mass is 16.5. The van der Waals surface area contributed by atoms with E-state index in [9.17, 15) is 4.79 Å². The second-order valence-electron chi connectivity index (χ2n) is 6.52. The van der Waals surface area contributed by atoms with Gasteiger partial charge in [-0.2, -0.15) is 0 Å². The number of para-hydroxylation sites is 1. The quantitative estimate of drug-likeness (QED) is 0.533. The molecule has 1 aromatic heterocycles. The Bertz CT molecular complexity index is 775. The number of anilines is 1. The van der Waals surface area contributed by atoms with Crippen molar-refractivity contribution in [1.29, 1.82) is 0 Å². The van der Waals surface area contributed by atoms with Gasteiger partial charge in [0, 0.05) is 24.5 Å². The van der Waals surface area contributed by atoms with Crippen molar-refractivity contribution in [2.45, 2.75) is 13.3 Å². The monoisotopic (exact) mass is 374 g/mol. The topological polar surface area (TPSA) is 74.1 Å². The molecule has 7 nitrogen and oxygen atoms in total. The summed E-state index contributed by atoms with van der Waals surface area (Å²) in [5.74, 6) is 0.319. The first kappa shape index (κ1) is 19.4. The van der Waals surface area contributed by atoms with Crippen LogP contribution in [-0.4, -0.2) is 64.1 Å². The van der Waals surface area contributed by atoms with Crippen LogP contribution in [0.25, 0.3) is 10.9 Å². The van der Waals surface area contributed by atoms with E-state index in [0.29, 0.717) is 17.9 Å². The summed E-state index contributed by atoms with van der Waals surface area (Å²) < 4.78 is 16.0. The molecule has 0 aliphatic carbocycles. The van der Waals surface area contributed by atoms with Crippen LogP contribution in [0.15, 0.2) is 24.4 Å². The average Bonchev–Trinajstić information content (AvgIpc) is 2.71. The number of ether oxygens (including phenoxy) is 3. The minimum atomic E-state index is -0.365. The third kappa shape index (κ3) is 4.67. The summed E-state index contributed by atoms with van der Waals surface area (Å²) in [5, 5.41) is 4.31. The van der Waals surface area contributed by atoms with Crippen LogP contribution in [0.3, 0.4) is 0 Å². The standard InChI is InChI=1S/C20H27N3O4/c1-3-27-20(24)16-14-22-19-15(6-4-7-17(19)25-2)18(16)21-8-5-9-23-10-12-26-13-11-23/h4,6-7,14H,3,5,8-13H2,1-2H3,(H,21,22)/p+1. The van der Waals surface area contributed by atoms with Gasteiger partial charge in [-0.3, -0.25) is 4.98 Å². The number of aromatic nitrogens is 1. The second-order valence-corrected chi connectivity index (χ2v) is 6.52. The van der Waals surface area contributed by atoms with Crippen LogP contribution >= 0.6 is 0 Å². The van der Waals surface area contributed by atoms with Gasteiger partial charge in [-0.1, -0.05) is 12.1 Å². The van der Waals surface area contributed by atoms with Crippen LogP contribution < -0.4 is 15.0 Å². The van der Waals surface area contributed by atoms with Gasteiger partial charge in [0.05, 0.1) is 39.2 Å². The number of fused-ring (bicyclic) bond motifs is 1. The number of rotatable bonds is 8. The number of esters is 1. The van der Waals surface area contributed by atoms with Crippen molar-refractivity contribution in [3.05, 3.63) is 30.0 Å². The number of morpholine rings is 1. The maximum atomic E-state index is 12.4. The number of hydrogen-bond acceptors (Lipinski definition) is 6. The van der Waals surface area contributed by atoms with Crippen LogP contribution in [0.4, 0.5) is 5.69 Å². The molecule has 2 heterocycles. The molecular formula is C20H28N3O4+. The third-order valence-corrected chi connectivity index (χ3v) is 4.78. The Balaban J connectivity index is 1.79. The molecule has 7 heteroatoms. The van der Waals surface area contributed by atoms with E-state index in [1.165, 1.54) is 0 Å². The zero-order chi connectivity index (χ0) is 19.1. The van der Waals surface area contributed by atoms with E-state index in [-0.39, 0.29) is 5.97 Å². The van der Waals surface area contributed by atoms with Crippen LogP contribution in [0, 0.1) is 0 Å². The molecule has 0 spiro atoms. The highest BCUT2D eigenvalue weighted by Crippen LogP contribution is 2.31. The number of carbonyl (C=O) groups is 1. The lowest BCUT2D eigenvalue weighted by Gasteiger charge is -2.23. The van der Waals surface area contributed by atoms with Gasteiger partial charge >= 0.3 is 5.97 Å². The Hall–Kier alpha value is -2.38.